The standard InChI is InChI=1S/C67H92N14O24/c1-6-32(4)54(64(101)76-46(29-53(91)92)60(97)74-45(28-52(89)90)61(98)77-47(67(104)105)22-31(2)3)79-65(102)55(33(5)83)80-62(99)44(27-51(70)88)73-57(94)42(24-35-11-17-38(85)18-12-35)72-58(95)43(25-36-13-19-39(86)20-14-36)75-63(100)49-8-7-21-81(49)66(103)48(30-82)78-59(96)41(23-34-9-15-37(84)16-10-34)71-56(93)40(68)26-50(69)87/h9-20,31-33,40-49,54-55,82-86H,6-8,21-30,68H2,1-5H3,(H2,69,87)(H2,70,88)(H,71,93)(H,72,95)(H,73,94)(H,74,97)(H,75,100)(H,76,101)(H,77,98)(H,78,96)(H,79,102)(H,80,99)(H,89,90)(H,91,92)(H,104,105)/t32-,33+,40-,41-,42-,43-,44-,45-,46-,47-,48-,49-,54-,55-/m0/s1. The molecule has 38 nitrogen and oxygen atoms in total. The Balaban J connectivity index is 1.63. The number of aliphatic hydroxyl groups excluding tert-OH is 2. The summed E-state index contributed by atoms with van der Waals surface area (Å²) in [6, 6.07) is -5.37. The zero-order valence-electron chi connectivity index (χ0n) is 58.1. The molecular weight excluding hydrogens is 1380 g/mol. The van der Waals surface area contributed by atoms with Crippen molar-refractivity contribution in [3.05, 3.63) is 89.5 Å². The number of primary amides is 2. The van der Waals surface area contributed by atoms with Gasteiger partial charge in [0.05, 0.1) is 44.4 Å². The van der Waals surface area contributed by atoms with Crippen LogP contribution in [-0.4, -0.2) is 232 Å². The van der Waals surface area contributed by atoms with Crippen molar-refractivity contribution in [2.75, 3.05) is 13.2 Å². The Morgan fingerprint density at radius 2 is 0.810 bits per heavy atom. The van der Waals surface area contributed by atoms with Crippen LogP contribution < -0.4 is 70.4 Å². The smallest absolute Gasteiger partial charge is 0.326 e. The minimum atomic E-state index is -2.11. The maximum absolute atomic E-state index is 14.8. The Hall–Kier alpha value is -11.5. The molecule has 3 aromatic rings. The number of carbonyl (C=O) groups excluding carboxylic acids is 13. The molecule has 0 aliphatic carbocycles. The normalized spacial score (nSPS) is 16.3. The third kappa shape index (κ3) is 28.0. The van der Waals surface area contributed by atoms with E-state index in [1.54, 1.807) is 20.8 Å². The van der Waals surface area contributed by atoms with Gasteiger partial charge < -0.3 is 116 Å². The van der Waals surface area contributed by atoms with Gasteiger partial charge in [0.25, 0.3) is 0 Å². The van der Waals surface area contributed by atoms with Crippen LogP contribution in [0.3, 0.4) is 0 Å². The molecule has 1 aliphatic rings. The van der Waals surface area contributed by atoms with Crippen molar-refractivity contribution in [1.29, 1.82) is 0 Å². The maximum atomic E-state index is 14.8. The second kappa shape index (κ2) is 40.9. The van der Waals surface area contributed by atoms with Crippen molar-refractivity contribution in [3.63, 3.8) is 0 Å². The van der Waals surface area contributed by atoms with E-state index in [0.717, 1.165) is 11.8 Å². The first-order valence-corrected chi connectivity index (χ1v) is 33.3. The summed E-state index contributed by atoms with van der Waals surface area (Å²) in [4.78, 5) is 216. The first-order chi connectivity index (χ1) is 49.3. The Kier molecular flexibility index (Phi) is 33.5. The number of nitrogens with zero attached hydrogens (tertiary/aromatic N) is 1. The van der Waals surface area contributed by atoms with E-state index >= 15 is 0 Å². The van der Waals surface area contributed by atoms with E-state index < -0.39 is 224 Å². The number of aliphatic hydroxyl groups is 2. The SMILES string of the molecule is CC[C@H](C)[C@H](NC(=O)[C@@H](NC(=O)[C@H](CC(N)=O)NC(=O)[C@H](Cc1ccc(O)cc1)NC(=O)[C@H](Cc1ccc(O)cc1)NC(=O)[C@@H]1CCCN1C(=O)[C@H](CO)NC(=O)[C@H](Cc1ccc(O)cc1)NC(=O)[C@@H](N)CC(N)=O)[C@@H](C)O)C(=O)N[C@@H](CC(=O)O)C(=O)N[C@@H](CC(=O)O)C(=O)N[C@@H](CC(C)C)C(=O)O. The summed E-state index contributed by atoms with van der Waals surface area (Å²) in [7, 11) is 0. The average Bonchev–Trinajstić information content (AvgIpc) is 1.71. The van der Waals surface area contributed by atoms with E-state index in [9.17, 15) is 118 Å². The van der Waals surface area contributed by atoms with E-state index in [1.807, 2.05) is 5.32 Å². The minimum absolute atomic E-state index is 0.0489. The number of nitrogens with one attached hydrogen (secondary N) is 10. The van der Waals surface area contributed by atoms with Gasteiger partial charge in [0.2, 0.25) is 76.8 Å². The van der Waals surface area contributed by atoms with Gasteiger partial charge in [-0.3, -0.25) is 71.9 Å². The molecule has 1 fully saturated rings. The van der Waals surface area contributed by atoms with Gasteiger partial charge in [-0.15, -0.1) is 0 Å². The van der Waals surface area contributed by atoms with Gasteiger partial charge >= 0.3 is 17.9 Å². The molecule has 3 aromatic carbocycles. The molecule has 1 aliphatic heterocycles. The molecule has 1 saturated heterocycles. The predicted octanol–water partition coefficient (Wildman–Crippen LogP) is -5.75. The van der Waals surface area contributed by atoms with E-state index in [4.69, 9.17) is 17.2 Å². The topological polar surface area (TPSA) is 637 Å². The van der Waals surface area contributed by atoms with Crippen LogP contribution in [0.1, 0.15) is 103 Å². The van der Waals surface area contributed by atoms with Crippen molar-refractivity contribution in [3.8, 4) is 17.2 Å². The molecule has 38 heteroatoms. The second-order valence-electron chi connectivity index (χ2n) is 25.7. The lowest BCUT2D eigenvalue weighted by Gasteiger charge is -2.31. The number of likely N-dealkylation sites (tertiary alicyclic amines) is 1. The number of hydrogen-bond donors (Lipinski definition) is 21. The highest BCUT2D eigenvalue weighted by Gasteiger charge is 2.42. The van der Waals surface area contributed by atoms with E-state index in [1.165, 1.54) is 79.7 Å². The van der Waals surface area contributed by atoms with Crippen LogP contribution in [-0.2, 0) is 96.0 Å². The number of carboxylic acid groups (broad SMARTS) is 3. The number of benzene rings is 3. The van der Waals surface area contributed by atoms with Gasteiger partial charge in [0.1, 0.15) is 83.7 Å². The highest BCUT2D eigenvalue weighted by Crippen LogP contribution is 2.22. The fraction of sp³-hybridized carbons (Fsp3) is 0.493. The molecule has 0 saturated carbocycles. The van der Waals surface area contributed by atoms with Crippen LogP contribution in [0.25, 0.3) is 0 Å². The summed E-state index contributed by atoms with van der Waals surface area (Å²) in [5.74, 6) is -21.8. The number of hydrogen-bond acceptors (Lipinski definition) is 22. The summed E-state index contributed by atoms with van der Waals surface area (Å²) in [5, 5.41) is 104. The number of rotatable bonds is 42. The molecule has 24 N–H and O–H groups in total. The van der Waals surface area contributed by atoms with Crippen LogP contribution in [0.4, 0.5) is 0 Å². The van der Waals surface area contributed by atoms with Crippen LogP contribution in [0.15, 0.2) is 72.8 Å². The Morgan fingerprint density at radius 1 is 0.457 bits per heavy atom. The zero-order chi connectivity index (χ0) is 78.7. The number of phenolic OH excluding ortho intramolecular Hbond substituents is 3. The molecule has 0 bridgehead atoms. The summed E-state index contributed by atoms with van der Waals surface area (Å²) >= 11 is 0. The quantitative estimate of drug-likeness (QED) is 0.0251. The molecule has 1 heterocycles. The summed E-state index contributed by atoms with van der Waals surface area (Å²) in [5.41, 5.74) is 17.5. The van der Waals surface area contributed by atoms with Gasteiger partial charge in [-0.25, -0.2) is 4.79 Å². The van der Waals surface area contributed by atoms with Crippen molar-refractivity contribution in [2.45, 2.75) is 184 Å². The third-order valence-electron chi connectivity index (χ3n) is 16.7. The first-order valence-electron chi connectivity index (χ1n) is 33.3. The summed E-state index contributed by atoms with van der Waals surface area (Å²) < 4.78 is 0. The van der Waals surface area contributed by atoms with Crippen LogP contribution >= 0.6 is 0 Å². The van der Waals surface area contributed by atoms with Crippen LogP contribution in [0.5, 0.6) is 17.2 Å². The monoisotopic (exact) mass is 1480 g/mol. The molecule has 0 aromatic heterocycles. The first kappa shape index (κ1) is 85.9. The van der Waals surface area contributed by atoms with Crippen molar-refractivity contribution in [2.24, 2.45) is 29.0 Å². The van der Waals surface area contributed by atoms with Crippen LogP contribution in [0, 0.1) is 11.8 Å². The van der Waals surface area contributed by atoms with Crippen molar-refractivity contribution < 1.29 is 118 Å². The number of carboxylic acids is 3. The van der Waals surface area contributed by atoms with Crippen molar-refractivity contribution >= 4 is 94.7 Å². The molecule has 574 valence electrons. The minimum Gasteiger partial charge on any atom is -0.508 e. The summed E-state index contributed by atoms with van der Waals surface area (Å²) in [6.45, 7) is 6.05. The lowest BCUT2D eigenvalue weighted by Crippen LogP contribution is -2.63. The molecule has 13 amide bonds. The maximum Gasteiger partial charge on any atom is 0.326 e. The fourth-order valence-electron chi connectivity index (χ4n) is 10.9. The number of nitrogens with two attached hydrogens (primary N) is 3. The third-order valence-corrected chi connectivity index (χ3v) is 16.7. The second-order valence-corrected chi connectivity index (χ2v) is 25.7. The van der Waals surface area contributed by atoms with E-state index in [2.05, 4.69) is 47.9 Å². The molecule has 14 atom stereocenters. The van der Waals surface area contributed by atoms with Gasteiger partial charge in [-0.05, 0) is 91.1 Å². The number of carbonyl (C=O) groups is 16. The highest BCUT2D eigenvalue weighted by molar-refractivity contribution is 6.01. The van der Waals surface area contributed by atoms with E-state index in [0.29, 0.717) is 11.1 Å². The van der Waals surface area contributed by atoms with Gasteiger partial charge in [0.15, 0.2) is 0 Å². The Labute approximate surface area is 601 Å². The lowest BCUT2D eigenvalue weighted by atomic mass is 9.96. The molecule has 4 rings (SSSR count). The van der Waals surface area contributed by atoms with Gasteiger partial charge in [-0.2, -0.15) is 0 Å². The van der Waals surface area contributed by atoms with Crippen molar-refractivity contribution in [1.82, 2.24) is 58.1 Å². The van der Waals surface area contributed by atoms with Crippen LogP contribution in [0.2, 0.25) is 0 Å². The molecule has 0 radical (unpaired) electrons. The summed E-state index contributed by atoms with van der Waals surface area (Å²) in [6.07, 6.45) is -6.95. The molecule has 0 unspecified atom stereocenters. The average molecular weight is 1480 g/mol. The fourth-order valence-corrected chi connectivity index (χ4v) is 10.9. The van der Waals surface area contributed by atoms with Gasteiger partial charge in [-0.1, -0.05) is 70.5 Å². The number of aromatic hydroxyl groups is 3. The largest absolute Gasteiger partial charge is 0.508 e. The Bertz CT molecular complexity index is 3620. The predicted molar refractivity (Wildman–Crippen MR) is 365 cm³/mol. The number of phenols is 3. The lowest BCUT2D eigenvalue weighted by molar-refractivity contribution is -0.145. The van der Waals surface area contributed by atoms with Gasteiger partial charge in [0, 0.05) is 25.8 Å². The molecule has 105 heavy (non-hydrogen) atoms. The molecular formula is C67H92N14O24. The zero-order valence-corrected chi connectivity index (χ0v) is 58.1. The number of amides is 13. The highest BCUT2D eigenvalue weighted by atomic mass is 16.4. The number of aliphatic carboxylic acids is 3. The Morgan fingerprint density at radius 3 is 1.20 bits per heavy atom. The van der Waals surface area contributed by atoms with E-state index in [-0.39, 0.29) is 67.4 Å². The molecule has 0 spiro atoms.